The predicted molar refractivity (Wildman–Crippen MR) is 70.5 cm³/mol. The molecule has 0 saturated heterocycles. The van der Waals surface area contributed by atoms with Crippen molar-refractivity contribution in [2.75, 3.05) is 20.7 Å². The van der Waals surface area contributed by atoms with E-state index in [1.54, 1.807) is 18.5 Å². The van der Waals surface area contributed by atoms with Crippen molar-refractivity contribution < 1.29 is 9.84 Å². The number of nitrogens with zero attached hydrogens (tertiary/aromatic N) is 2. The van der Waals surface area contributed by atoms with E-state index in [4.69, 9.17) is 4.74 Å². The molecule has 4 heteroatoms. The molecule has 0 aliphatic rings. The molecule has 17 heavy (non-hydrogen) atoms. The molecule has 0 radical (unpaired) electrons. The van der Waals surface area contributed by atoms with Crippen LogP contribution in [0.4, 0.5) is 5.69 Å². The van der Waals surface area contributed by atoms with E-state index in [1.807, 2.05) is 18.9 Å². The molecule has 1 rings (SSSR count). The van der Waals surface area contributed by atoms with Crippen LogP contribution >= 0.6 is 0 Å². The number of phenols is 1. The summed E-state index contributed by atoms with van der Waals surface area (Å²) in [5, 5.41) is 9.68. The number of aromatic hydroxyl groups is 1. The molecule has 1 aromatic rings. The average molecular weight is 236 g/mol. The molecule has 0 aromatic heterocycles. The molecule has 4 nitrogen and oxygen atoms in total. The minimum Gasteiger partial charge on any atom is -0.504 e. The number of hydrogen-bond acceptors (Lipinski definition) is 3. The van der Waals surface area contributed by atoms with Gasteiger partial charge in [-0.15, -0.1) is 0 Å². The number of phenolic OH excluding ortho intramolecular Hbond substituents is 1. The van der Waals surface area contributed by atoms with Crippen molar-refractivity contribution in [2.24, 2.45) is 4.99 Å². The molecule has 0 saturated carbocycles. The van der Waals surface area contributed by atoms with Gasteiger partial charge in [0.1, 0.15) is 0 Å². The minimum atomic E-state index is 0.159. The third-order valence-electron chi connectivity index (χ3n) is 2.65. The van der Waals surface area contributed by atoms with Crippen molar-refractivity contribution >= 4 is 12.0 Å². The molecule has 0 aliphatic heterocycles. The van der Waals surface area contributed by atoms with Crippen molar-refractivity contribution in [3.63, 3.8) is 0 Å². The Kier molecular flexibility index (Phi) is 4.82. The monoisotopic (exact) mass is 236 g/mol. The van der Waals surface area contributed by atoms with E-state index in [1.165, 1.54) is 7.11 Å². The quantitative estimate of drug-likeness (QED) is 0.631. The summed E-state index contributed by atoms with van der Waals surface area (Å²) in [7, 11) is 3.50. The summed E-state index contributed by atoms with van der Waals surface area (Å²) >= 11 is 0. The molecule has 1 N–H and O–H groups in total. The van der Waals surface area contributed by atoms with E-state index >= 15 is 0 Å². The fraction of sp³-hybridized carbons (Fsp3) is 0.462. The summed E-state index contributed by atoms with van der Waals surface area (Å²) in [6.07, 6.45) is 2.60. The number of aryl methyl sites for hydroxylation is 1. The van der Waals surface area contributed by atoms with Crippen LogP contribution in [0, 0.1) is 0 Å². The number of aliphatic imine (C=N–C) groups is 1. The van der Waals surface area contributed by atoms with E-state index in [0.29, 0.717) is 5.75 Å². The maximum Gasteiger partial charge on any atom is 0.162 e. The highest BCUT2D eigenvalue weighted by Crippen LogP contribution is 2.34. The summed E-state index contributed by atoms with van der Waals surface area (Å²) < 4.78 is 5.08. The van der Waals surface area contributed by atoms with Crippen molar-refractivity contribution in [2.45, 2.75) is 20.3 Å². The van der Waals surface area contributed by atoms with Gasteiger partial charge in [-0.1, -0.05) is 6.92 Å². The molecule has 0 atom stereocenters. The van der Waals surface area contributed by atoms with Gasteiger partial charge in [0, 0.05) is 19.7 Å². The summed E-state index contributed by atoms with van der Waals surface area (Å²) in [5.41, 5.74) is 1.84. The first kappa shape index (κ1) is 13.4. The number of ether oxygens (including phenoxy) is 1. The second-order valence-electron chi connectivity index (χ2n) is 3.82. The first-order valence-corrected chi connectivity index (χ1v) is 5.76. The summed E-state index contributed by atoms with van der Waals surface area (Å²) in [6, 6.07) is 3.46. The second kappa shape index (κ2) is 6.13. The second-order valence-corrected chi connectivity index (χ2v) is 3.82. The first-order chi connectivity index (χ1) is 8.12. The zero-order chi connectivity index (χ0) is 12.8. The Morgan fingerprint density at radius 3 is 2.65 bits per heavy atom. The highest BCUT2D eigenvalue weighted by molar-refractivity contribution is 5.65. The van der Waals surface area contributed by atoms with Gasteiger partial charge in [0.05, 0.1) is 19.1 Å². The topological polar surface area (TPSA) is 45.1 Å². The van der Waals surface area contributed by atoms with Crippen LogP contribution in [0.3, 0.4) is 0 Å². The van der Waals surface area contributed by atoms with E-state index in [9.17, 15) is 5.11 Å². The van der Waals surface area contributed by atoms with E-state index < -0.39 is 0 Å². The fourth-order valence-corrected chi connectivity index (χ4v) is 1.41. The first-order valence-electron chi connectivity index (χ1n) is 5.76. The largest absolute Gasteiger partial charge is 0.504 e. The van der Waals surface area contributed by atoms with E-state index in [-0.39, 0.29) is 5.75 Å². The number of hydrogen-bond donors (Lipinski definition) is 1. The summed E-state index contributed by atoms with van der Waals surface area (Å²) in [5.74, 6) is 0.612. The normalized spacial score (nSPS) is 10.8. The van der Waals surface area contributed by atoms with Gasteiger partial charge < -0.3 is 14.7 Å². The van der Waals surface area contributed by atoms with Crippen LogP contribution in [-0.2, 0) is 6.42 Å². The fourth-order valence-electron chi connectivity index (χ4n) is 1.41. The van der Waals surface area contributed by atoms with Gasteiger partial charge in [-0.25, -0.2) is 4.99 Å². The third kappa shape index (κ3) is 3.37. The number of benzene rings is 1. The zero-order valence-electron chi connectivity index (χ0n) is 10.9. The molecular weight excluding hydrogens is 216 g/mol. The molecule has 0 fully saturated rings. The number of rotatable bonds is 5. The lowest BCUT2D eigenvalue weighted by Gasteiger charge is -2.11. The molecule has 0 heterocycles. The molecule has 0 aliphatic carbocycles. The minimum absolute atomic E-state index is 0.159. The van der Waals surface area contributed by atoms with E-state index in [2.05, 4.69) is 11.9 Å². The Hall–Kier alpha value is -1.71. The van der Waals surface area contributed by atoms with Crippen LogP contribution in [0.15, 0.2) is 17.1 Å². The third-order valence-corrected chi connectivity index (χ3v) is 2.65. The van der Waals surface area contributed by atoms with E-state index in [0.717, 1.165) is 24.2 Å². The maximum absolute atomic E-state index is 9.68. The van der Waals surface area contributed by atoms with Crippen LogP contribution in [-0.4, -0.2) is 37.0 Å². The van der Waals surface area contributed by atoms with Crippen LogP contribution in [0.25, 0.3) is 0 Å². The van der Waals surface area contributed by atoms with Gasteiger partial charge in [-0.2, -0.15) is 0 Å². The summed E-state index contributed by atoms with van der Waals surface area (Å²) in [6.45, 7) is 4.99. The van der Waals surface area contributed by atoms with Crippen molar-refractivity contribution in [1.29, 1.82) is 0 Å². The molecular formula is C13H20N2O2. The lowest BCUT2D eigenvalue weighted by Crippen LogP contribution is -2.14. The molecule has 1 aromatic carbocycles. The highest BCUT2D eigenvalue weighted by atomic mass is 16.5. The van der Waals surface area contributed by atoms with Crippen LogP contribution in [0.5, 0.6) is 11.5 Å². The lowest BCUT2D eigenvalue weighted by atomic mass is 10.1. The van der Waals surface area contributed by atoms with Crippen LogP contribution in [0.2, 0.25) is 0 Å². The molecule has 0 bridgehead atoms. The van der Waals surface area contributed by atoms with Gasteiger partial charge in [-0.3, -0.25) is 0 Å². The standard InChI is InChI=1S/C13H20N2O2/c1-5-10-7-12(16)13(17-4)8-11(10)14-9-15(3)6-2/h7-9,16H,5-6H2,1-4H3. The molecule has 0 unspecified atom stereocenters. The summed E-state index contributed by atoms with van der Waals surface area (Å²) in [4.78, 5) is 6.39. The van der Waals surface area contributed by atoms with Gasteiger partial charge >= 0.3 is 0 Å². The van der Waals surface area contributed by atoms with Gasteiger partial charge in [0.25, 0.3) is 0 Å². The molecule has 94 valence electrons. The van der Waals surface area contributed by atoms with Crippen LogP contribution in [0.1, 0.15) is 19.4 Å². The molecule has 0 amide bonds. The van der Waals surface area contributed by atoms with Crippen molar-refractivity contribution in [3.8, 4) is 11.5 Å². The predicted octanol–water partition coefficient (Wildman–Crippen LogP) is 2.57. The smallest absolute Gasteiger partial charge is 0.162 e. The zero-order valence-corrected chi connectivity index (χ0v) is 10.9. The van der Waals surface area contributed by atoms with Gasteiger partial charge in [-0.05, 0) is 25.0 Å². The lowest BCUT2D eigenvalue weighted by molar-refractivity contribution is 0.373. The maximum atomic E-state index is 9.68. The Morgan fingerprint density at radius 1 is 1.41 bits per heavy atom. The Labute approximate surface area is 103 Å². The SMILES string of the molecule is CCc1cc(O)c(OC)cc1N=CN(C)CC. The van der Waals surface area contributed by atoms with Crippen molar-refractivity contribution in [1.82, 2.24) is 4.90 Å². The average Bonchev–Trinajstić information content (AvgIpc) is 2.36. The Balaban J connectivity index is 3.08. The highest BCUT2D eigenvalue weighted by Gasteiger charge is 2.07. The molecule has 0 spiro atoms. The van der Waals surface area contributed by atoms with Gasteiger partial charge in [0.15, 0.2) is 11.5 Å². The Bertz CT molecular complexity index is 403. The van der Waals surface area contributed by atoms with Crippen LogP contribution < -0.4 is 4.74 Å². The Morgan fingerprint density at radius 2 is 2.12 bits per heavy atom. The van der Waals surface area contributed by atoms with Gasteiger partial charge in [0.2, 0.25) is 0 Å². The van der Waals surface area contributed by atoms with Crippen molar-refractivity contribution in [3.05, 3.63) is 17.7 Å². The number of methoxy groups -OCH3 is 1.